The lowest BCUT2D eigenvalue weighted by Gasteiger charge is -2.21. The lowest BCUT2D eigenvalue weighted by atomic mass is 10.00. The number of hydrogen-bond acceptors (Lipinski definition) is 4. The van der Waals surface area contributed by atoms with Crippen LogP contribution in [0.15, 0.2) is 0 Å². The Morgan fingerprint density at radius 2 is 2.16 bits per heavy atom. The molecule has 1 aliphatic heterocycles. The van der Waals surface area contributed by atoms with Crippen LogP contribution in [0, 0.1) is 11.8 Å². The van der Waals surface area contributed by atoms with Gasteiger partial charge >= 0.3 is 0 Å². The molecule has 5 nitrogen and oxygen atoms in total. The first-order chi connectivity index (χ1) is 9.11. The standard InChI is InChI=1S/C14H24N4O/c1-3-4-11-13(15)14(17(2)16-11)18-7-9-5-6-12(19)10(9)8-18/h9-10,12,19H,3-8,15H2,1-2H3. The summed E-state index contributed by atoms with van der Waals surface area (Å²) in [6.07, 6.45) is 3.97. The van der Waals surface area contributed by atoms with E-state index in [2.05, 4.69) is 16.9 Å². The Kier molecular flexibility index (Phi) is 3.17. The molecule has 1 aliphatic carbocycles. The summed E-state index contributed by atoms with van der Waals surface area (Å²) >= 11 is 0. The first-order valence-electron chi connectivity index (χ1n) is 7.36. The van der Waals surface area contributed by atoms with Crippen molar-refractivity contribution in [1.82, 2.24) is 9.78 Å². The smallest absolute Gasteiger partial charge is 0.150 e. The van der Waals surface area contributed by atoms with E-state index in [1.54, 1.807) is 0 Å². The first kappa shape index (κ1) is 12.8. The van der Waals surface area contributed by atoms with Crippen molar-refractivity contribution in [3.05, 3.63) is 5.69 Å². The summed E-state index contributed by atoms with van der Waals surface area (Å²) in [5.41, 5.74) is 8.11. The minimum atomic E-state index is -0.125. The van der Waals surface area contributed by atoms with Crippen LogP contribution in [0.1, 0.15) is 31.9 Å². The van der Waals surface area contributed by atoms with Gasteiger partial charge in [0.05, 0.1) is 17.5 Å². The second-order valence-electron chi connectivity index (χ2n) is 6.03. The molecule has 2 fully saturated rings. The van der Waals surface area contributed by atoms with E-state index in [1.165, 1.54) is 0 Å². The summed E-state index contributed by atoms with van der Waals surface area (Å²) in [5.74, 6) is 2.09. The molecule has 0 bridgehead atoms. The minimum Gasteiger partial charge on any atom is -0.394 e. The van der Waals surface area contributed by atoms with Crippen molar-refractivity contribution in [3.8, 4) is 0 Å². The van der Waals surface area contributed by atoms with E-state index < -0.39 is 0 Å². The molecule has 0 amide bonds. The van der Waals surface area contributed by atoms with Gasteiger partial charge in [-0.3, -0.25) is 4.68 Å². The zero-order valence-electron chi connectivity index (χ0n) is 11.8. The van der Waals surface area contributed by atoms with E-state index in [4.69, 9.17) is 5.73 Å². The molecule has 19 heavy (non-hydrogen) atoms. The van der Waals surface area contributed by atoms with Crippen molar-refractivity contribution in [2.75, 3.05) is 23.7 Å². The maximum atomic E-state index is 10.0. The number of aromatic nitrogens is 2. The Morgan fingerprint density at radius 1 is 1.37 bits per heavy atom. The molecule has 0 spiro atoms. The molecule has 3 N–H and O–H groups in total. The van der Waals surface area contributed by atoms with Crippen molar-refractivity contribution in [2.24, 2.45) is 18.9 Å². The third kappa shape index (κ3) is 2.00. The molecule has 3 rings (SSSR count). The van der Waals surface area contributed by atoms with Crippen LogP contribution in [-0.4, -0.2) is 34.1 Å². The lowest BCUT2D eigenvalue weighted by Crippen LogP contribution is -2.26. The number of rotatable bonds is 3. The molecule has 2 heterocycles. The number of fused-ring (bicyclic) bond motifs is 1. The Bertz CT molecular complexity index is 470. The summed E-state index contributed by atoms with van der Waals surface area (Å²) in [6.45, 7) is 4.07. The molecule has 1 aromatic rings. The molecule has 0 aromatic carbocycles. The highest BCUT2D eigenvalue weighted by Gasteiger charge is 2.43. The van der Waals surface area contributed by atoms with Crippen molar-refractivity contribution < 1.29 is 5.11 Å². The average molecular weight is 264 g/mol. The average Bonchev–Trinajstić information content (AvgIpc) is 2.98. The number of anilines is 2. The molecule has 2 aliphatic rings. The summed E-state index contributed by atoms with van der Waals surface area (Å²) in [4.78, 5) is 2.32. The Morgan fingerprint density at radius 3 is 2.84 bits per heavy atom. The summed E-state index contributed by atoms with van der Waals surface area (Å²) in [5, 5.41) is 14.6. The Hall–Kier alpha value is -1.23. The predicted octanol–water partition coefficient (Wildman–Crippen LogP) is 1.16. The van der Waals surface area contributed by atoms with Gasteiger partial charge in [0.25, 0.3) is 0 Å². The lowest BCUT2D eigenvalue weighted by molar-refractivity contribution is 0.133. The van der Waals surface area contributed by atoms with Gasteiger partial charge in [-0.2, -0.15) is 5.10 Å². The molecule has 3 atom stereocenters. The zero-order chi connectivity index (χ0) is 13.6. The van der Waals surface area contributed by atoms with Crippen LogP contribution in [0.2, 0.25) is 0 Å². The Labute approximate surface area is 114 Å². The number of nitrogens with two attached hydrogens (primary N) is 1. The van der Waals surface area contributed by atoms with E-state index in [0.29, 0.717) is 11.8 Å². The van der Waals surface area contributed by atoms with E-state index in [-0.39, 0.29) is 6.10 Å². The van der Waals surface area contributed by atoms with Gasteiger partial charge in [-0.15, -0.1) is 0 Å². The van der Waals surface area contributed by atoms with E-state index in [0.717, 1.165) is 56.0 Å². The first-order valence-corrected chi connectivity index (χ1v) is 7.36. The Balaban J connectivity index is 1.84. The zero-order valence-corrected chi connectivity index (χ0v) is 11.8. The number of aliphatic hydroxyl groups is 1. The van der Waals surface area contributed by atoms with Crippen molar-refractivity contribution >= 4 is 11.5 Å². The van der Waals surface area contributed by atoms with Gasteiger partial charge in [0.1, 0.15) is 5.82 Å². The highest BCUT2D eigenvalue weighted by Crippen LogP contribution is 2.41. The SMILES string of the molecule is CCCc1nn(C)c(N2CC3CCC(O)C3C2)c1N. The van der Waals surface area contributed by atoms with Crippen molar-refractivity contribution in [2.45, 2.75) is 38.7 Å². The number of aliphatic hydroxyl groups excluding tert-OH is 1. The number of nitrogen functional groups attached to an aromatic ring is 1. The van der Waals surface area contributed by atoms with Gasteiger partial charge in [-0.05, 0) is 25.2 Å². The summed E-state index contributed by atoms with van der Waals surface area (Å²) in [6, 6.07) is 0. The fourth-order valence-electron chi connectivity index (χ4n) is 3.79. The van der Waals surface area contributed by atoms with E-state index in [9.17, 15) is 5.11 Å². The van der Waals surface area contributed by atoms with Gasteiger partial charge in [0.2, 0.25) is 0 Å². The molecule has 5 heteroatoms. The molecule has 1 aromatic heterocycles. The van der Waals surface area contributed by atoms with Crippen molar-refractivity contribution in [3.63, 3.8) is 0 Å². The summed E-state index contributed by atoms with van der Waals surface area (Å²) in [7, 11) is 1.97. The van der Waals surface area contributed by atoms with Crippen LogP contribution in [0.4, 0.5) is 11.5 Å². The second kappa shape index (κ2) is 4.71. The van der Waals surface area contributed by atoms with Gasteiger partial charge < -0.3 is 15.7 Å². The number of nitrogens with zero attached hydrogens (tertiary/aromatic N) is 3. The van der Waals surface area contributed by atoms with Gasteiger partial charge in [-0.25, -0.2) is 0 Å². The highest BCUT2D eigenvalue weighted by atomic mass is 16.3. The monoisotopic (exact) mass is 264 g/mol. The molecule has 1 saturated heterocycles. The molecule has 106 valence electrons. The van der Waals surface area contributed by atoms with Crippen LogP contribution in [-0.2, 0) is 13.5 Å². The number of hydrogen-bond donors (Lipinski definition) is 2. The van der Waals surface area contributed by atoms with Gasteiger partial charge in [-0.1, -0.05) is 13.3 Å². The van der Waals surface area contributed by atoms with Crippen LogP contribution < -0.4 is 10.6 Å². The van der Waals surface area contributed by atoms with Gasteiger partial charge in [0.15, 0.2) is 0 Å². The third-order valence-corrected chi connectivity index (χ3v) is 4.73. The molecular weight excluding hydrogens is 240 g/mol. The molecule has 3 unspecified atom stereocenters. The molecule has 1 saturated carbocycles. The second-order valence-corrected chi connectivity index (χ2v) is 6.03. The fraction of sp³-hybridized carbons (Fsp3) is 0.786. The quantitative estimate of drug-likeness (QED) is 0.860. The van der Waals surface area contributed by atoms with E-state index in [1.807, 2.05) is 11.7 Å². The third-order valence-electron chi connectivity index (χ3n) is 4.73. The molecule has 0 radical (unpaired) electrons. The topological polar surface area (TPSA) is 67.3 Å². The maximum Gasteiger partial charge on any atom is 0.150 e. The van der Waals surface area contributed by atoms with Gasteiger partial charge in [0, 0.05) is 26.1 Å². The van der Waals surface area contributed by atoms with Crippen LogP contribution >= 0.6 is 0 Å². The molecular formula is C14H24N4O. The maximum absolute atomic E-state index is 10.0. The highest BCUT2D eigenvalue weighted by molar-refractivity contribution is 5.67. The normalized spacial score (nSPS) is 30.1. The van der Waals surface area contributed by atoms with Crippen LogP contribution in [0.3, 0.4) is 0 Å². The van der Waals surface area contributed by atoms with E-state index >= 15 is 0 Å². The minimum absolute atomic E-state index is 0.125. The number of aryl methyl sites for hydroxylation is 2. The fourth-order valence-corrected chi connectivity index (χ4v) is 3.79. The largest absolute Gasteiger partial charge is 0.394 e. The van der Waals surface area contributed by atoms with Crippen LogP contribution in [0.5, 0.6) is 0 Å². The predicted molar refractivity (Wildman–Crippen MR) is 76.0 cm³/mol. The summed E-state index contributed by atoms with van der Waals surface area (Å²) < 4.78 is 1.91. The van der Waals surface area contributed by atoms with Crippen LogP contribution in [0.25, 0.3) is 0 Å². The van der Waals surface area contributed by atoms with Crippen molar-refractivity contribution in [1.29, 1.82) is 0 Å².